The lowest BCUT2D eigenvalue weighted by Crippen LogP contribution is -2.34. The van der Waals surface area contributed by atoms with Gasteiger partial charge in [-0.05, 0) is 56.1 Å². The van der Waals surface area contributed by atoms with Crippen molar-refractivity contribution >= 4 is 34.0 Å². The van der Waals surface area contributed by atoms with Crippen molar-refractivity contribution in [1.29, 1.82) is 0 Å². The van der Waals surface area contributed by atoms with Crippen molar-refractivity contribution in [3.8, 4) is 0 Å². The van der Waals surface area contributed by atoms with Crippen LogP contribution in [-0.4, -0.2) is 45.4 Å². The van der Waals surface area contributed by atoms with E-state index in [4.69, 9.17) is 0 Å². The number of amides is 1. The lowest BCUT2D eigenvalue weighted by Gasteiger charge is -2.21. The van der Waals surface area contributed by atoms with Crippen LogP contribution in [0.3, 0.4) is 0 Å². The number of aryl methyl sites for hydroxylation is 2. The Morgan fingerprint density at radius 2 is 1.79 bits per heavy atom. The van der Waals surface area contributed by atoms with Crippen molar-refractivity contribution in [3.05, 3.63) is 59.2 Å². The van der Waals surface area contributed by atoms with E-state index in [0.717, 1.165) is 30.6 Å². The molecule has 1 aliphatic rings. The molecule has 2 N–H and O–H groups in total. The molecular formula is C20H26ClN3O3S. The van der Waals surface area contributed by atoms with E-state index in [1.54, 1.807) is 23.1 Å². The molecule has 8 heteroatoms. The van der Waals surface area contributed by atoms with E-state index in [9.17, 15) is 13.2 Å². The number of rotatable bonds is 4. The van der Waals surface area contributed by atoms with E-state index in [1.807, 2.05) is 26.0 Å². The number of hydrogen-bond donors (Lipinski definition) is 2. The Labute approximate surface area is 172 Å². The zero-order valence-corrected chi connectivity index (χ0v) is 17.7. The van der Waals surface area contributed by atoms with Crippen molar-refractivity contribution in [3.63, 3.8) is 0 Å². The van der Waals surface area contributed by atoms with Crippen LogP contribution in [0.15, 0.2) is 47.4 Å². The van der Waals surface area contributed by atoms with Gasteiger partial charge in [0.2, 0.25) is 0 Å². The molecule has 1 saturated heterocycles. The van der Waals surface area contributed by atoms with Crippen LogP contribution >= 0.6 is 12.4 Å². The summed E-state index contributed by atoms with van der Waals surface area (Å²) in [6.45, 7) is 6.60. The summed E-state index contributed by atoms with van der Waals surface area (Å²) in [5.74, 6) is -0.121. The fourth-order valence-corrected chi connectivity index (χ4v) is 4.27. The van der Waals surface area contributed by atoms with E-state index in [0.29, 0.717) is 24.3 Å². The van der Waals surface area contributed by atoms with Crippen LogP contribution in [0.2, 0.25) is 0 Å². The topological polar surface area (TPSA) is 78.5 Å². The van der Waals surface area contributed by atoms with E-state index in [2.05, 4.69) is 10.0 Å². The van der Waals surface area contributed by atoms with Gasteiger partial charge < -0.3 is 10.2 Å². The molecule has 1 fully saturated rings. The average Bonchev–Trinajstić information content (AvgIpc) is 2.92. The highest BCUT2D eigenvalue weighted by Gasteiger charge is 2.22. The molecule has 0 atom stereocenters. The molecule has 1 amide bonds. The van der Waals surface area contributed by atoms with Gasteiger partial charge in [0.25, 0.3) is 15.9 Å². The number of carbonyl (C=O) groups is 1. The molecule has 0 aliphatic carbocycles. The van der Waals surface area contributed by atoms with E-state index in [-0.39, 0.29) is 23.2 Å². The highest BCUT2D eigenvalue weighted by atomic mass is 35.5. The molecule has 0 saturated carbocycles. The first-order valence-electron chi connectivity index (χ1n) is 9.07. The van der Waals surface area contributed by atoms with Crippen molar-refractivity contribution < 1.29 is 13.2 Å². The minimum Gasteiger partial charge on any atom is -0.337 e. The smallest absolute Gasteiger partial charge is 0.261 e. The van der Waals surface area contributed by atoms with Crippen molar-refractivity contribution in [2.75, 3.05) is 30.9 Å². The molecular weight excluding hydrogens is 398 g/mol. The minimum atomic E-state index is -3.78. The van der Waals surface area contributed by atoms with Crippen molar-refractivity contribution in [2.24, 2.45) is 0 Å². The number of hydrogen-bond acceptors (Lipinski definition) is 4. The quantitative estimate of drug-likeness (QED) is 0.792. The highest BCUT2D eigenvalue weighted by Crippen LogP contribution is 2.22. The third kappa shape index (κ3) is 5.04. The molecule has 6 nitrogen and oxygen atoms in total. The number of sulfonamides is 1. The monoisotopic (exact) mass is 423 g/mol. The lowest BCUT2D eigenvalue weighted by molar-refractivity contribution is 0.0765. The van der Waals surface area contributed by atoms with Crippen molar-refractivity contribution in [2.45, 2.75) is 25.2 Å². The number of benzene rings is 2. The van der Waals surface area contributed by atoms with Gasteiger partial charge in [-0.2, -0.15) is 0 Å². The van der Waals surface area contributed by atoms with Gasteiger partial charge in [0.15, 0.2) is 0 Å². The van der Waals surface area contributed by atoms with Gasteiger partial charge in [-0.15, -0.1) is 12.4 Å². The fraction of sp³-hybridized carbons (Fsp3) is 0.350. The molecule has 3 rings (SSSR count). The second-order valence-electron chi connectivity index (χ2n) is 6.79. The highest BCUT2D eigenvalue weighted by molar-refractivity contribution is 7.92. The Bertz CT molecular complexity index is 939. The molecule has 2 aromatic carbocycles. The van der Waals surface area contributed by atoms with E-state index < -0.39 is 10.0 Å². The van der Waals surface area contributed by atoms with Crippen LogP contribution in [0.4, 0.5) is 5.69 Å². The third-order valence-corrected chi connectivity index (χ3v) is 6.13. The summed E-state index contributed by atoms with van der Waals surface area (Å²) in [6.07, 6.45) is 0.887. The number of nitrogens with one attached hydrogen (secondary N) is 2. The summed E-state index contributed by atoms with van der Waals surface area (Å²) < 4.78 is 28.3. The van der Waals surface area contributed by atoms with Gasteiger partial charge >= 0.3 is 0 Å². The van der Waals surface area contributed by atoms with Gasteiger partial charge in [0.05, 0.1) is 10.6 Å². The number of para-hydroxylation sites is 1. The third-order valence-electron chi connectivity index (χ3n) is 4.77. The van der Waals surface area contributed by atoms with E-state index in [1.165, 1.54) is 12.1 Å². The average molecular weight is 424 g/mol. The Balaban J connectivity index is 0.00000280. The molecule has 0 spiro atoms. The standard InChI is InChI=1S/C20H25N3O3S.ClH/c1-15-8-9-17(27(25,26)22-19-7-4-3-6-16(19)2)14-18(15)20(24)23-12-5-10-21-11-13-23;/h3-4,6-9,14,21-22H,5,10-13H2,1-2H3;1H. The molecule has 0 bridgehead atoms. The van der Waals surface area contributed by atoms with Gasteiger partial charge in [0.1, 0.15) is 0 Å². The molecule has 0 unspecified atom stereocenters. The fourth-order valence-electron chi connectivity index (χ4n) is 3.11. The number of halogens is 1. The molecule has 152 valence electrons. The zero-order chi connectivity index (χ0) is 19.4. The first-order valence-corrected chi connectivity index (χ1v) is 10.6. The summed E-state index contributed by atoms with van der Waals surface area (Å²) in [4.78, 5) is 14.8. The first kappa shape index (κ1) is 22.2. The summed E-state index contributed by atoms with van der Waals surface area (Å²) in [6, 6.07) is 11.9. The lowest BCUT2D eigenvalue weighted by atomic mass is 10.1. The Hall–Kier alpha value is -2.09. The number of nitrogens with zero attached hydrogens (tertiary/aromatic N) is 1. The number of anilines is 1. The largest absolute Gasteiger partial charge is 0.337 e. The molecule has 1 aliphatic heterocycles. The van der Waals surface area contributed by atoms with Crippen LogP contribution in [-0.2, 0) is 10.0 Å². The predicted octanol–water partition coefficient (Wildman–Crippen LogP) is 2.96. The van der Waals surface area contributed by atoms with Crippen LogP contribution < -0.4 is 10.0 Å². The molecule has 1 heterocycles. The predicted molar refractivity (Wildman–Crippen MR) is 114 cm³/mol. The molecule has 2 aromatic rings. The zero-order valence-electron chi connectivity index (χ0n) is 16.1. The normalized spacial score (nSPS) is 14.7. The van der Waals surface area contributed by atoms with Crippen molar-refractivity contribution in [1.82, 2.24) is 10.2 Å². The van der Waals surface area contributed by atoms with Gasteiger partial charge in [0, 0.05) is 25.2 Å². The summed E-state index contributed by atoms with van der Waals surface area (Å²) in [5.41, 5.74) is 2.57. The van der Waals surface area contributed by atoms with Crippen LogP contribution in [0.1, 0.15) is 27.9 Å². The maximum Gasteiger partial charge on any atom is 0.261 e. The van der Waals surface area contributed by atoms with Gasteiger partial charge in [-0.3, -0.25) is 9.52 Å². The van der Waals surface area contributed by atoms with Crippen LogP contribution in [0, 0.1) is 13.8 Å². The first-order chi connectivity index (χ1) is 12.9. The van der Waals surface area contributed by atoms with Crippen LogP contribution in [0.5, 0.6) is 0 Å². The Morgan fingerprint density at radius 3 is 2.54 bits per heavy atom. The maximum atomic E-state index is 12.9. The molecule has 0 radical (unpaired) electrons. The Morgan fingerprint density at radius 1 is 1.04 bits per heavy atom. The second-order valence-corrected chi connectivity index (χ2v) is 8.48. The Kier molecular flexibility index (Phi) is 7.46. The summed E-state index contributed by atoms with van der Waals surface area (Å²) in [5, 5.41) is 3.27. The van der Waals surface area contributed by atoms with Gasteiger partial charge in [-0.1, -0.05) is 24.3 Å². The second kappa shape index (κ2) is 9.41. The number of carbonyl (C=O) groups excluding carboxylic acids is 1. The molecule has 0 aromatic heterocycles. The summed E-state index contributed by atoms with van der Waals surface area (Å²) >= 11 is 0. The van der Waals surface area contributed by atoms with Gasteiger partial charge in [-0.25, -0.2) is 8.42 Å². The SMILES string of the molecule is Cc1ccccc1NS(=O)(=O)c1ccc(C)c(C(=O)N2CCCNCC2)c1.Cl. The minimum absolute atomic E-state index is 0. The maximum absolute atomic E-state index is 12.9. The molecule has 28 heavy (non-hydrogen) atoms. The van der Waals surface area contributed by atoms with Crippen LogP contribution in [0.25, 0.3) is 0 Å². The summed E-state index contributed by atoms with van der Waals surface area (Å²) in [7, 11) is -3.78. The van der Waals surface area contributed by atoms with E-state index >= 15 is 0 Å².